The van der Waals surface area contributed by atoms with Crippen molar-refractivity contribution in [1.29, 1.82) is 5.26 Å². The highest BCUT2D eigenvalue weighted by Gasteiger charge is 2.13. The third kappa shape index (κ3) is 3.65. The third-order valence-corrected chi connectivity index (χ3v) is 2.26. The van der Waals surface area contributed by atoms with Crippen LogP contribution in [-0.4, -0.2) is 11.0 Å². The van der Waals surface area contributed by atoms with Crippen LogP contribution < -0.4 is 5.32 Å². The van der Waals surface area contributed by atoms with Crippen molar-refractivity contribution in [1.82, 2.24) is 5.32 Å². The van der Waals surface area contributed by atoms with Crippen LogP contribution in [0.2, 0.25) is 0 Å². The molecular weight excluding hydrogens is 216 g/mol. The molecule has 0 bridgehead atoms. The Morgan fingerprint density at radius 2 is 2.06 bits per heavy atom. The van der Waals surface area contributed by atoms with E-state index in [2.05, 4.69) is 5.32 Å². The fraction of sp³-hybridized carbons (Fsp3) is 0.231. The van der Waals surface area contributed by atoms with Gasteiger partial charge in [0.1, 0.15) is 11.8 Å². The van der Waals surface area contributed by atoms with E-state index < -0.39 is 5.91 Å². The number of nitrogens with zero attached hydrogens (tertiary/aromatic N) is 1. The van der Waals surface area contributed by atoms with Gasteiger partial charge in [0, 0.05) is 13.0 Å². The number of hydrogen-bond donors (Lipinski definition) is 2. The Bertz CT molecular complexity index is 458. The summed E-state index contributed by atoms with van der Waals surface area (Å²) in [5.41, 5.74) is 0.720. The average Bonchev–Trinajstić information content (AvgIpc) is 2.38. The molecule has 4 heteroatoms. The van der Waals surface area contributed by atoms with Crippen LogP contribution in [0.5, 0.6) is 0 Å². The van der Waals surface area contributed by atoms with Crippen LogP contribution in [0.3, 0.4) is 0 Å². The van der Waals surface area contributed by atoms with Crippen LogP contribution in [0.4, 0.5) is 0 Å². The number of nitriles is 1. The highest BCUT2D eigenvalue weighted by molar-refractivity contribution is 5.97. The molecule has 0 unspecified atom stereocenters. The van der Waals surface area contributed by atoms with Gasteiger partial charge in [-0.15, -0.1) is 0 Å². The van der Waals surface area contributed by atoms with Crippen molar-refractivity contribution in [3.8, 4) is 6.07 Å². The first-order chi connectivity index (χ1) is 8.19. The molecule has 0 aromatic heterocycles. The van der Waals surface area contributed by atoms with Gasteiger partial charge in [0.25, 0.3) is 5.91 Å². The molecule has 0 saturated heterocycles. The van der Waals surface area contributed by atoms with E-state index in [1.165, 1.54) is 0 Å². The van der Waals surface area contributed by atoms with Crippen LogP contribution in [0, 0.1) is 11.3 Å². The molecule has 1 rings (SSSR count). The minimum atomic E-state index is -0.546. The second-order valence-corrected chi connectivity index (χ2v) is 3.46. The number of benzene rings is 1. The molecule has 0 saturated carbocycles. The first kappa shape index (κ1) is 12.8. The van der Waals surface area contributed by atoms with Gasteiger partial charge in [-0.1, -0.05) is 37.3 Å². The summed E-state index contributed by atoms with van der Waals surface area (Å²) < 4.78 is 0. The van der Waals surface area contributed by atoms with Crippen molar-refractivity contribution in [3.05, 3.63) is 47.2 Å². The topological polar surface area (TPSA) is 73.1 Å². The molecular formula is C13H14N2O2. The van der Waals surface area contributed by atoms with Crippen molar-refractivity contribution in [3.63, 3.8) is 0 Å². The Morgan fingerprint density at radius 1 is 1.41 bits per heavy atom. The van der Waals surface area contributed by atoms with Crippen LogP contribution in [-0.2, 0) is 11.3 Å². The molecule has 0 radical (unpaired) electrons. The predicted octanol–water partition coefficient (Wildman–Crippen LogP) is 2.05. The summed E-state index contributed by atoms with van der Waals surface area (Å²) in [6, 6.07) is 11.1. The number of allylic oxidation sites excluding steroid dienone is 1. The second kappa shape index (κ2) is 6.33. The van der Waals surface area contributed by atoms with Crippen molar-refractivity contribution >= 4 is 5.91 Å². The fourth-order valence-electron chi connectivity index (χ4n) is 1.29. The first-order valence-electron chi connectivity index (χ1n) is 5.33. The number of carbonyl (C=O) groups excluding carboxylic acids is 1. The van der Waals surface area contributed by atoms with Gasteiger partial charge in [0.2, 0.25) is 0 Å². The predicted molar refractivity (Wildman–Crippen MR) is 63.8 cm³/mol. The molecule has 1 amide bonds. The van der Waals surface area contributed by atoms with E-state index in [0.29, 0.717) is 6.54 Å². The minimum Gasteiger partial charge on any atom is -0.511 e. The normalized spacial score (nSPS) is 11.3. The van der Waals surface area contributed by atoms with Gasteiger partial charge in [-0.2, -0.15) is 5.26 Å². The SMILES string of the molecule is CCC(O)=C(C#N)C(=O)NCc1ccccc1. The third-order valence-electron chi connectivity index (χ3n) is 2.26. The van der Waals surface area contributed by atoms with Gasteiger partial charge in [-0.05, 0) is 5.56 Å². The van der Waals surface area contributed by atoms with Crippen molar-refractivity contribution in [2.24, 2.45) is 0 Å². The van der Waals surface area contributed by atoms with E-state index in [1.54, 1.807) is 13.0 Å². The summed E-state index contributed by atoms with van der Waals surface area (Å²) in [5, 5.41) is 20.7. The molecule has 0 aliphatic carbocycles. The van der Waals surface area contributed by atoms with E-state index in [0.717, 1.165) is 5.56 Å². The monoisotopic (exact) mass is 230 g/mol. The van der Waals surface area contributed by atoms with Crippen molar-refractivity contribution < 1.29 is 9.90 Å². The van der Waals surface area contributed by atoms with E-state index in [1.807, 2.05) is 30.3 Å². The summed E-state index contributed by atoms with van der Waals surface area (Å²) in [6.45, 7) is 2.01. The smallest absolute Gasteiger partial charge is 0.265 e. The zero-order chi connectivity index (χ0) is 12.7. The molecule has 88 valence electrons. The lowest BCUT2D eigenvalue weighted by molar-refractivity contribution is -0.117. The summed E-state index contributed by atoms with van der Waals surface area (Å²) in [4.78, 5) is 11.6. The lowest BCUT2D eigenvalue weighted by Gasteiger charge is -2.05. The highest BCUT2D eigenvalue weighted by Crippen LogP contribution is 2.05. The number of aliphatic hydroxyl groups is 1. The van der Waals surface area contributed by atoms with E-state index in [-0.39, 0.29) is 17.8 Å². The van der Waals surface area contributed by atoms with Crippen molar-refractivity contribution in [2.75, 3.05) is 0 Å². The molecule has 0 aliphatic heterocycles. The quantitative estimate of drug-likeness (QED) is 0.472. The van der Waals surface area contributed by atoms with Gasteiger partial charge in [-0.25, -0.2) is 0 Å². The standard InChI is InChI=1S/C13H14N2O2/c1-2-12(16)11(8-14)13(17)15-9-10-6-4-3-5-7-10/h3-7,16H,2,9H2,1H3,(H,15,17). The number of nitrogens with one attached hydrogen (secondary N) is 1. The molecule has 0 fully saturated rings. The van der Waals surface area contributed by atoms with Crippen LogP contribution >= 0.6 is 0 Å². The van der Waals surface area contributed by atoms with Crippen LogP contribution in [0.25, 0.3) is 0 Å². The lowest BCUT2D eigenvalue weighted by atomic mass is 10.2. The van der Waals surface area contributed by atoms with E-state index in [4.69, 9.17) is 5.26 Å². The maximum Gasteiger partial charge on any atom is 0.265 e. The second-order valence-electron chi connectivity index (χ2n) is 3.46. The summed E-state index contributed by atoms with van der Waals surface area (Å²) >= 11 is 0. The van der Waals surface area contributed by atoms with E-state index >= 15 is 0 Å². The number of aliphatic hydroxyl groups excluding tert-OH is 1. The summed E-state index contributed by atoms with van der Waals surface area (Å²) in [7, 11) is 0. The number of rotatable bonds is 4. The van der Waals surface area contributed by atoms with Crippen LogP contribution in [0.15, 0.2) is 41.7 Å². The Kier molecular flexibility index (Phi) is 4.77. The Labute approximate surface area is 100 Å². The molecule has 1 aromatic rings. The number of carbonyl (C=O) groups is 1. The van der Waals surface area contributed by atoms with Gasteiger partial charge < -0.3 is 10.4 Å². The highest BCUT2D eigenvalue weighted by atomic mass is 16.3. The Morgan fingerprint density at radius 3 is 2.59 bits per heavy atom. The van der Waals surface area contributed by atoms with Crippen molar-refractivity contribution in [2.45, 2.75) is 19.9 Å². The molecule has 0 spiro atoms. The zero-order valence-corrected chi connectivity index (χ0v) is 9.60. The summed E-state index contributed by atoms with van der Waals surface area (Å²) in [5.74, 6) is -0.728. The zero-order valence-electron chi connectivity index (χ0n) is 9.60. The van der Waals surface area contributed by atoms with Gasteiger partial charge in [-0.3, -0.25) is 4.79 Å². The number of amides is 1. The molecule has 17 heavy (non-hydrogen) atoms. The minimum absolute atomic E-state index is 0.182. The molecule has 1 aromatic carbocycles. The Balaban J connectivity index is 2.65. The van der Waals surface area contributed by atoms with Gasteiger partial charge >= 0.3 is 0 Å². The molecule has 0 atom stereocenters. The van der Waals surface area contributed by atoms with Gasteiger partial charge in [0.15, 0.2) is 5.57 Å². The number of hydrogen-bond acceptors (Lipinski definition) is 3. The fourth-order valence-corrected chi connectivity index (χ4v) is 1.29. The van der Waals surface area contributed by atoms with Gasteiger partial charge in [0.05, 0.1) is 0 Å². The molecule has 2 N–H and O–H groups in total. The maximum atomic E-state index is 11.6. The molecule has 4 nitrogen and oxygen atoms in total. The average molecular weight is 230 g/mol. The lowest BCUT2D eigenvalue weighted by Crippen LogP contribution is -2.25. The molecule has 0 heterocycles. The van der Waals surface area contributed by atoms with E-state index in [9.17, 15) is 9.90 Å². The summed E-state index contributed by atoms with van der Waals surface area (Å²) in [6.07, 6.45) is 0.266. The maximum absolute atomic E-state index is 11.6. The Hall–Kier alpha value is -2.28. The first-order valence-corrected chi connectivity index (χ1v) is 5.33. The largest absolute Gasteiger partial charge is 0.511 e. The van der Waals surface area contributed by atoms with Crippen LogP contribution in [0.1, 0.15) is 18.9 Å². The molecule has 0 aliphatic rings.